The predicted octanol–water partition coefficient (Wildman–Crippen LogP) is 2.76. The molecular formula is C30H46O6. The summed E-state index contributed by atoms with van der Waals surface area (Å²) in [5, 5.41) is 61.4. The Labute approximate surface area is 216 Å². The number of aryl methyl sites for hydroxylation is 2. The van der Waals surface area contributed by atoms with Gasteiger partial charge in [0.1, 0.15) is 24.4 Å². The summed E-state index contributed by atoms with van der Waals surface area (Å²) in [5.41, 5.74) is 9.61. The van der Waals surface area contributed by atoms with E-state index in [2.05, 4.69) is 66.7 Å². The molecule has 7 atom stereocenters. The molecular weight excluding hydrogens is 456 g/mol. The lowest BCUT2D eigenvalue weighted by atomic mass is 9.79. The fraction of sp³-hybridized carbons (Fsp3) is 0.600. The predicted molar refractivity (Wildman–Crippen MR) is 143 cm³/mol. The summed E-state index contributed by atoms with van der Waals surface area (Å²) in [6.07, 6.45) is -6.34. The zero-order chi connectivity index (χ0) is 27.3. The minimum absolute atomic E-state index is 0.176. The second-order valence-corrected chi connectivity index (χ2v) is 10.8. The highest BCUT2D eigenvalue weighted by Crippen LogP contribution is 2.30. The van der Waals surface area contributed by atoms with E-state index >= 15 is 0 Å². The van der Waals surface area contributed by atoms with Crippen LogP contribution >= 0.6 is 0 Å². The van der Waals surface area contributed by atoms with Gasteiger partial charge in [-0.05, 0) is 117 Å². The highest BCUT2D eigenvalue weighted by Gasteiger charge is 2.38. The Kier molecular flexibility index (Phi) is 11.1. The van der Waals surface area contributed by atoms with E-state index in [1.807, 2.05) is 6.07 Å². The quantitative estimate of drug-likeness (QED) is 0.265. The summed E-state index contributed by atoms with van der Waals surface area (Å²) in [6, 6.07) is 8.37. The van der Waals surface area contributed by atoms with Gasteiger partial charge in [-0.1, -0.05) is 31.2 Å². The standard InChI is InChI=1S/C30H46O6/c1-16(12-23-10-8-17(2)19(4)21(23)6)13-25(14-24-11-9-18(3)20(5)22(24)7)27(33)29(35)30(36)28(34)26(32)15-31/h8-11,16,25-36H,12-15H2,1-7H3/t16?,25?,26-,27?,28+,29+,30-/m0/s1. The Hall–Kier alpha value is -1.80. The normalized spacial score (nSPS) is 17.8. The van der Waals surface area contributed by atoms with Gasteiger partial charge >= 0.3 is 0 Å². The summed E-state index contributed by atoms with van der Waals surface area (Å²) < 4.78 is 0. The molecule has 2 aromatic rings. The minimum atomic E-state index is -1.80. The smallest absolute Gasteiger partial charge is 0.111 e. The van der Waals surface area contributed by atoms with Crippen molar-refractivity contribution >= 4 is 0 Å². The van der Waals surface area contributed by atoms with Crippen LogP contribution in [0, 0.1) is 53.4 Å². The number of hydrogen-bond donors (Lipinski definition) is 6. The van der Waals surface area contributed by atoms with Gasteiger partial charge in [0.25, 0.3) is 0 Å². The van der Waals surface area contributed by atoms with Gasteiger partial charge in [-0.15, -0.1) is 0 Å². The fourth-order valence-electron chi connectivity index (χ4n) is 5.09. The third-order valence-corrected chi connectivity index (χ3v) is 8.21. The molecule has 202 valence electrons. The highest BCUT2D eigenvalue weighted by molar-refractivity contribution is 5.40. The van der Waals surface area contributed by atoms with Gasteiger partial charge in [0.15, 0.2) is 0 Å². The summed E-state index contributed by atoms with van der Waals surface area (Å²) in [7, 11) is 0. The molecule has 0 aromatic heterocycles. The Morgan fingerprint density at radius 3 is 1.50 bits per heavy atom. The summed E-state index contributed by atoms with van der Waals surface area (Å²) in [4.78, 5) is 0. The molecule has 0 bridgehead atoms. The van der Waals surface area contributed by atoms with Crippen LogP contribution in [0.5, 0.6) is 0 Å². The maximum Gasteiger partial charge on any atom is 0.111 e. The van der Waals surface area contributed by atoms with E-state index < -0.39 is 43.0 Å². The Bertz CT molecular complexity index is 1000. The van der Waals surface area contributed by atoms with E-state index in [-0.39, 0.29) is 5.92 Å². The zero-order valence-electron chi connectivity index (χ0n) is 22.9. The van der Waals surface area contributed by atoms with Crippen molar-refractivity contribution in [3.8, 4) is 0 Å². The largest absolute Gasteiger partial charge is 0.394 e. The van der Waals surface area contributed by atoms with Crippen molar-refractivity contribution < 1.29 is 30.6 Å². The first kappa shape index (κ1) is 30.4. The Morgan fingerprint density at radius 2 is 1.03 bits per heavy atom. The van der Waals surface area contributed by atoms with E-state index in [4.69, 9.17) is 5.11 Å². The summed E-state index contributed by atoms with van der Waals surface area (Å²) in [5.74, 6) is -0.231. The van der Waals surface area contributed by atoms with Crippen LogP contribution in [-0.2, 0) is 12.8 Å². The molecule has 3 unspecified atom stereocenters. The number of rotatable bonds is 12. The number of aliphatic hydroxyl groups is 6. The monoisotopic (exact) mass is 502 g/mol. The van der Waals surface area contributed by atoms with Gasteiger partial charge in [0.2, 0.25) is 0 Å². The van der Waals surface area contributed by atoms with Crippen molar-refractivity contribution in [3.05, 3.63) is 68.8 Å². The third kappa shape index (κ3) is 7.15. The number of benzene rings is 2. The molecule has 0 amide bonds. The fourth-order valence-corrected chi connectivity index (χ4v) is 5.09. The van der Waals surface area contributed by atoms with Crippen molar-refractivity contribution in [2.45, 2.75) is 98.2 Å². The second-order valence-electron chi connectivity index (χ2n) is 10.8. The molecule has 0 aliphatic heterocycles. The molecule has 0 heterocycles. The van der Waals surface area contributed by atoms with Crippen molar-refractivity contribution in [3.63, 3.8) is 0 Å². The van der Waals surface area contributed by atoms with Gasteiger partial charge in [-0.3, -0.25) is 0 Å². The van der Waals surface area contributed by atoms with Gasteiger partial charge in [-0.2, -0.15) is 0 Å². The van der Waals surface area contributed by atoms with Crippen LogP contribution in [-0.4, -0.2) is 67.8 Å². The molecule has 0 aliphatic carbocycles. The van der Waals surface area contributed by atoms with Crippen molar-refractivity contribution in [2.24, 2.45) is 11.8 Å². The van der Waals surface area contributed by atoms with Crippen LogP contribution in [0.3, 0.4) is 0 Å². The van der Waals surface area contributed by atoms with Crippen LogP contribution in [0.2, 0.25) is 0 Å². The number of hydrogen-bond acceptors (Lipinski definition) is 6. The molecule has 0 saturated heterocycles. The van der Waals surface area contributed by atoms with Crippen molar-refractivity contribution in [1.82, 2.24) is 0 Å². The van der Waals surface area contributed by atoms with Crippen LogP contribution in [0.4, 0.5) is 0 Å². The maximum absolute atomic E-state index is 11.2. The lowest BCUT2D eigenvalue weighted by Crippen LogP contribution is -2.52. The van der Waals surface area contributed by atoms with Crippen LogP contribution in [0.1, 0.15) is 57.9 Å². The topological polar surface area (TPSA) is 121 Å². The first-order valence-electron chi connectivity index (χ1n) is 12.9. The molecule has 6 N–H and O–H groups in total. The van der Waals surface area contributed by atoms with Crippen molar-refractivity contribution in [2.75, 3.05) is 6.61 Å². The lowest BCUT2D eigenvalue weighted by Gasteiger charge is -2.34. The molecule has 6 nitrogen and oxygen atoms in total. The third-order valence-electron chi connectivity index (χ3n) is 8.21. The molecule has 2 aromatic carbocycles. The average Bonchev–Trinajstić information content (AvgIpc) is 2.86. The molecule has 6 heteroatoms. The summed E-state index contributed by atoms with van der Waals surface area (Å²) in [6.45, 7) is 13.9. The lowest BCUT2D eigenvalue weighted by molar-refractivity contribution is -0.149. The number of aliphatic hydroxyl groups excluding tert-OH is 6. The van der Waals surface area contributed by atoms with Crippen LogP contribution in [0.25, 0.3) is 0 Å². The zero-order valence-corrected chi connectivity index (χ0v) is 22.9. The van der Waals surface area contributed by atoms with Crippen LogP contribution < -0.4 is 0 Å². The Morgan fingerprint density at radius 1 is 0.583 bits per heavy atom. The van der Waals surface area contributed by atoms with Gasteiger partial charge in [0, 0.05) is 0 Å². The van der Waals surface area contributed by atoms with Gasteiger partial charge in [0.05, 0.1) is 12.7 Å². The van der Waals surface area contributed by atoms with Crippen LogP contribution in [0.15, 0.2) is 24.3 Å². The SMILES string of the molecule is Cc1ccc(CC(C)CC(Cc2ccc(C)c(C)c2C)C(O)[C@@H](O)[C@@H](O)[C@H](O)[C@@H](O)CO)c(C)c1C. The molecule has 0 radical (unpaired) electrons. The Balaban J connectivity index is 2.32. The first-order chi connectivity index (χ1) is 16.8. The molecule has 0 aliphatic rings. The molecule has 0 saturated carbocycles. The maximum atomic E-state index is 11.2. The average molecular weight is 503 g/mol. The molecule has 36 heavy (non-hydrogen) atoms. The van der Waals surface area contributed by atoms with Crippen molar-refractivity contribution in [1.29, 1.82) is 0 Å². The van der Waals surface area contributed by atoms with Gasteiger partial charge in [-0.25, -0.2) is 0 Å². The van der Waals surface area contributed by atoms with E-state index in [0.29, 0.717) is 12.8 Å². The second kappa shape index (κ2) is 13.1. The molecule has 0 fully saturated rings. The minimum Gasteiger partial charge on any atom is -0.394 e. The van der Waals surface area contributed by atoms with E-state index in [0.717, 1.165) is 17.5 Å². The summed E-state index contributed by atoms with van der Waals surface area (Å²) >= 11 is 0. The van der Waals surface area contributed by atoms with E-state index in [1.54, 1.807) is 0 Å². The van der Waals surface area contributed by atoms with E-state index in [1.165, 1.54) is 33.4 Å². The van der Waals surface area contributed by atoms with E-state index in [9.17, 15) is 25.5 Å². The first-order valence-corrected chi connectivity index (χ1v) is 12.9. The van der Waals surface area contributed by atoms with Gasteiger partial charge < -0.3 is 30.6 Å². The molecule has 0 spiro atoms. The molecule has 2 rings (SSSR count). The highest BCUT2D eigenvalue weighted by atomic mass is 16.4.